The second-order valence-electron chi connectivity index (χ2n) is 4.96. The number of thiophene rings is 1. The fraction of sp³-hybridized carbons (Fsp3) is 0.333. The lowest BCUT2D eigenvalue weighted by atomic mass is 10.0. The van der Waals surface area contributed by atoms with Crippen molar-refractivity contribution in [2.75, 3.05) is 0 Å². The average Bonchev–Trinajstić information content (AvgIpc) is 3.04. The maximum Gasteiger partial charge on any atom is 0.254 e. The fourth-order valence-corrected chi connectivity index (χ4v) is 3.50. The highest BCUT2D eigenvalue weighted by molar-refractivity contribution is 7.13. The van der Waals surface area contributed by atoms with E-state index in [1.807, 2.05) is 41.3 Å². The molecule has 1 N–H and O–H groups in total. The van der Waals surface area contributed by atoms with Crippen molar-refractivity contribution in [3.05, 3.63) is 41.0 Å². The Hall–Kier alpha value is -1.88. The van der Waals surface area contributed by atoms with Crippen LogP contribution in [0.4, 0.5) is 0 Å². The summed E-state index contributed by atoms with van der Waals surface area (Å²) >= 11 is 1.54. The van der Waals surface area contributed by atoms with Crippen LogP contribution >= 0.6 is 11.3 Å². The number of Topliss-reactive ketones (excluding diaryl/α,β-unsaturated/α-hetero) is 1. The van der Waals surface area contributed by atoms with Gasteiger partial charge in [0.1, 0.15) is 10.8 Å². The molecule has 4 nitrogen and oxygen atoms in total. The largest absolute Gasteiger partial charge is 0.343 e. The van der Waals surface area contributed by atoms with E-state index in [2.05, 4.69) is 5.32 Å². The van der Waals surface area contributed by atoms with Gasteiger partial charge in [0.25, 0.3) is 5.91 Å². The van der Waals surface area contributed by atoms with E-state index in [9.17, 15) is 9.59 Å². The third kappa shape index (κ3) is 2.18. The number of nitrogens with one attached hydrogen (secondary N) is 1. The quantitative estimate of drug-likeness (QED) is 0.940. The number of fused-ring (bicyclic) bond motifs is 3. The third-order valence-corrected chi connectivity index (χ3v) is 4.42. The number of hydrogen-bond acceptors (Lipinski definition) is 3. The van der Waals surface area contributed by atoms with E-state index in [4.69, 9.17) is 0 Å². The van der Waals surface area contributed by atoms with Crippen LogP contribution < -0.4 is 5.32 Å². The molecular formula is C15H16N2O2S. The van der Waals surface area contributed by atoms with E-state index >= 15 is 0 Å². The Morgan fingerprint density at radius 3 is 3.10 bits per heavy atom. The Kier molecular flexibility index (Phi) is 3.44. The zero-order valence-corrected chi connectivity index (χ0v) is 12.1. The fourth-order valence-electron chi connectivity index (χ4n) is 2.60. The summed E-state index contributed by atoms with van der Waals surface area (Å²) < 4.78 is 2.02. The van der Waals surface area contributed by atoms with Crippen molar-refractivity contribution >= 4 is 23.0 Å². The number of amides is 1. The summed E-state index contributed by atoms with van der Waals surface area (Å²) in [6.07, 6.45) is 3.71. The number of ketones is 1. The third-order valence-electron chi connectivity index (χ3n) is 3.51. The van der Waals surface area contributed by atoms with Gasteiger partial charge in [-0.3, -0.25) is 9.59 Å². The van der Waals surface area contributed by atoms with Crippen molar-refractivity contribution in [3.8, 4) is 5.00 Å². The molecule has 0 bridgehead atoms. The summed E-state index contributed by atoms with van der Waals surface area (Å²) in [5.41, 5.74) is 1.65. The van der Waals surface area contributed by atoms with Crippen molar-refractivity contribution in [1.82, 2.24) is 9.88 Å². The summed E-state index contributed by atoms with van der Waals surface area (Å²) in [6, 6.07) is 5.51. The van der Waals surface area contributed by atoms with Gasteiger partial charge < -0.3 is 9.88 Å². The van der Waals surface area contributed by atoms with Gasteiger partial charge in [-0.2, -0.15) is 0 Å². The summed E-state index contributed by atoms with van der Waals surface area (Å²) in [4.78, 5) is 24.2. The monoisotopic (exact) mass is 288 g/mol. The summed E-state index contributed by atoms with van der Waals surface area (Å²) in [5, 5.41) is 5.82. The molecule has 0 radical (unpaired) electrons. The van der Waals surface area contributed by atoms with Gasteiger partial charge in [0, 0.05) is 24.7 Å². The number of carbonyl (C=O) groups excluding carboxylic acids is 2. The van der Waals surface area contributed by atoms with Crippen LogP contribution in [0.1, 0.15) is 48.3 Å². The van der Waals surface area contributed by atoms with Gasteiger partial charge in [-0.15, -0.1) is 11.3 Å². The van der Waals surface area contributed by atoms with Gasteiger partial charge in [0.05, 0.1) is 11.6 Å². The van der Waals surface area contributed by atoms with Crippen molar-refractivity contribution in [2.45, 2.75) is 32.2 Å². The van der Waals surface area contributed by atoms with Crippen molar-refractivity contribution in [1.29, 1.82) is 0 Å². The molecular weight excluding hydrogens is 272 g/mol. The number of carbonyl (C=O) groups is 2. The minimum Gasteiger partial charge on any atom is -0.343 e. The molecule has 20 heavy (non-hydrogen) atoms. The molecule has 1 amide bonds. The van der Waals surface area contributed by atoms with E-state index in [-0.39, 0.29) is 17.7 Å². The second-order valence-corrected chi connectivity index (χ2v) is 5.86. The molecule has 104 valence electrons. The van der Waals surface area contributed by atoms with Crippen molar-refractivity contribution in [3.63, 3.8) is 0 Å². The first-order valence-electron chi connectivity index (χ1n) is 6.78. The highest BCUT2D eigenvalue weighted by atomic mass is 32.1. The van der Waals surface area contributed by atoms with Gasteiger partial charge >= 0.3 is 0 Å². The average molecular weight is 288 g/mol. The molecule has 0 saturated carbocycles. The minimum absolute atomic E-state index is 0.0979. The van der Waals surface area contributed by atoms with Crippen LogP contribution in [-0.2, 0) is 4.79 Å². The first-order chi connectivity index (χ1) is 9.70. The Morgan fingerprint density at radius 2 is 2.30 bits per heavy atom. The minimum atomic E-state index is -0.240. The lowest BCUT2D eigenvalue weighted by Crippen LogP contribution is -2.29. The smallest absolute Gasteiger partial charge is 0.254 e. The van der Waals surface area contributed by atoms with Gasteiger partial charge in [-0.05, 0) is 30.0 Å². The molecule has 0 spiro atoms. The molecule has 0 aromatic carbocycles. The molecule has 0 aliphatic carbocycles. The maximum atomic E-state index is 12.3. The predicted molar refractivity (Wildman–Crippen MR) is 78.4 cm³/mol. The highest BCUT2D eigenvalue weighted by Gasteiger charge is 2.28. The molecule has 3 rings (SSSR count). The normalized spacial score (nSPS) is 17.1. The molecule has 1 aliphatic heterocycles. The van der Waals surface area contributed by atoms with E-state index in [0.29, 0.717) is 18.4 Å². The number of nitrogens with zero attached hydrogens (tertiary/aromatic N) is 1. The highest BCUT2D eigenvalue weighted by Crippen LogP contribution is 2.31. The summed E-state index contributed by atoms with van der Waals surface area (Å²) in [6.45, 7) is 1.99. The lowest BCUT2D eigenvalue weighted by Gasteiger charge is -2.16. The van der Waals surface area contributed by atoms with Gasteiger partial charge in [0.15, 0.2) is 0 Å². The van der Waals surface area contributed by atoms with Crippen LogP contribution in [0.15, 0.2) is 29.8 Å². The van der Waals surface area contributed by atoms with Crippen molar-refractivity contribution < 1.29 is 9.59 Å². The first-order valence-corrected chi connectivity index (χ1v) is 7.66. The van der Waals surface area contributed by atoms with E-state index in [1.165, 1.54) is 11.3 Å². The van der Waals surface area contributed by atoms with Crippen LogP contribution in [0.5, 0.6) is 0 Å². The molecule has 3 heterocycles. The topological polar surface area (TPSA) is 51.1 Å². The molecule has 1 aliphatic rings. The Bertz CT molecular complexity index is 656. The van der Waals surface area contributed by atoms with Gasteiger partial charge in [-0.25, -0.2) is 0 Å². The summed E-state index contributed by atoms with van der Waals surface area (Å²) in [5.74, 6) is 0.0926. The summed E-state index contributed by atoms with van der Waals surface area (Å²) in [7, 11) is 0. The predicted octanol–water partition coefficient (Wildman–Crippen LogP) is 3.08. The molecule has 2 aromatic rings. The van der Waals surface area contributed by atoms with Gasteiger partial charge in [-0.1, -0.05) is 6.92 Å². The van der Waals surface area contributed by atoms with Crippen molar-refractivity contribution in [2.24, 2.45) is 0 Å². The Morgan fingerprint density at radius 1 is 1.45 bits per heavy atom. The maximum absolute atomic E-state index is 12.3. The van der Waals surface area contributed by atoms with E-state index < -0.39 is 0 Å². The van der Waals surface area contributed by atoms with E-state index in [0.717, 1.165) is 17.1 Å². The SMILES string of the molecule is CCCC(=O)CC1NC(=O)c2ccsc2-n2cccc21. The Labute approximate surface area is 121 Å². The number of hydrogen-bond donors (Lipinski definition) is 1. The standard InChI is InChI=1S/C15H16N2O2S/c1-2-4-10(18)9-12-13-5-3-7-17(13)15-11(6-8-20-15)14(19)16-12/h3,5-8,12H,2,4,9H2,1H3,(H,16,19). The van der Waals surface area contributed by atoms with Crippen LogP contribution in [0.3, 0.4) is 0 Å². The number of aromatic nitrogens is 1. The first kappa shape index (κ1) is 13.1. The Balaban J connectivity index is 1.98. The molecule has 0 fully saturated rings. The zero-order valence-electron chi connectivity index (χ0n) is 11.3. The molecule has 1 unspecified atom stereocenters. The van der Waals surface area contributed by atoms with Crippen LogP contribution in [-0.4, -0.2) is 16.3 Å². The lowest BCUT2D eigenvalue weighted by molar-refractivity contribution is -0.119. The van der Waals surface area contributed by atoms with Crippen LogP contribution in [0.2, 0.25) is 0 Å². The number of rotatable bonds is 4. The molecule has 2 aromatic heterocycles. The second kappa shape index (κ2) is 5.25. The van der Waals surface area contributed by atoms with E-state index in [1.54, 1.807) is 0 Å². The molecule has 1 atom stereocenters. The van der Waals surface area contributed by atoms with Gasteiger partial charge in [0.2, 0.25) is 0 Å². The molecule has 0 saturated heterocycles. The van der Waals surface area contributed by atoms with Crippen LogP contribution in [0.25, 0.3) is 5.00 Å². The van der Waals surface area contributed by atoms with Crippen LogP contribution in [0, 0.1) is 0 Å². The zero-order chi connectivity index (χ0) is 14.1. The molecule has 5 heteroatoms.